The van der Waals surface area contributed by atoms with Gasteiger partial charge in [-0.25, -0.2) is 4.79 Å². The molecule has 0 fully saturated rings. The highest BCUT2D eigenvalue weighted by Crippen LogP contribution is 2.27. The molecule has 0 aliphatic carbocycles. The SMILES string of the molecule is CCOCC(=O)NC(Cc1c[nH]c2cccc(Br)c12)C(=O)O. The van der Waals surface area contributed by atoms with E-state index in [1.165, 1.54) is 0 Å². The minimum atomic E-state index is -1.08. The van der Waals surface area contributed by atoms with Crippen molar-refractivity contribution in [1.29, 1.82) is 0 Å². The van der Waals surface area contributed by atoms with Crippen molar-refractivity contribution >= 4 is 38.7 Å². The van der Waals surface area contributed by atoms with Gasteiger partial charge in [0.25, 0.3) is 0 Å². The second kappa shape index (κ2) is 7.42. The van der Waals surface area contributed by atoms with E-state index >= 15 is 0 Å². The summed E-state index contributed by atoms with van der Waals surface area (Å²) in [6, 6.07) is 4.69. The number of benzene rings is 1. The first-order chi connectivity index (χ1) is 10.5. The van der Waals surface area contributed by atoms with Crippen molar-refractivity contribution in [3.8, 4) is 0 Å². The molecule has 1 amide bonds. The molecule has 0 saturated heterocycles. The van der Waals surface area contributed by atoms with Crippen LogP contribution >= 0.6 is 15.9 Å². The lowest BCUT2D eigenvalue weighted by atomic mass is 10.0. The van der Waals surface area contributed by atoms with Crippen LogP contribution in [0.25, 0.3) is 10.9 Å². The van der Waals surface area contributed by atoms with Crippen LogP contribution in [0.2, 0.25) is 0 Å². The van der Waals surface area contributed by atoms with Crippen LogP contribution < -0.4 is 5.32 Å². The van der Waals surface area contributed by atoms with Gasteiger partial charge in [-0.2, -0.15) is 0 Å². The molecule has 1 aromatic carbocycles. The van der Waals surface area contributed by atoms with Crippen molar-refractivity contribution in [2.75, 3.05) is 13.2 Å². The van der Waals surface area contributed by atoms with Crippen LogP contribution in [-0.4, -0.2) is 41.2 Å². The minimum Gasteiger partial charge on any atom is -0.480 e. The maximum Gasteiger partial charge on any atom is 0.326 e. The molecule has 2 aromatic rings. The maximum atomic E-state index is 11.7. The van der Waals surface area contributed by atoms with Crippen molar-refractivity contribution < 1.29 is 19.4 Å². The molecule has 0 saturated carbocycles. The highest BCUT2D eigenvalue weighted by atomic mass is 79.9. The first-order valence-corrected chi connectivity index (χ1v) is 7.66. The molecule has 1 heterocycles. The zero-order valence-corrected chi connectivity index (χ0v) is 13.6. The molecule has 3 N–H and O–H groups in total. The third-order valence-electron chi connectivity index (χ3n) is 3.23. The summed E-state index contributed by atoms with van der Waals surface area (Å²) in [6.07, 6.45) is 1.95. The molecule has 0 spiro atoms. The number of carbonyl (C=O) groups excluding carboxylic acids is 1. The number of nitrogens with one attached hydrogen (secondary N) is 2. The first-order valence-electron chi connectivity index (χ1n) is 6.87. The van der Waals surface area contributed by atoms with Gasteiger partial charge < -0.3 is 20.1 Å². The van der Waals surface area contributed by atoms with E-state index in [2.05, 4.69) is 26.2 Å². The fraction of sp³-hybridized carbons (Fsp3) is 0.333. The number of aromatic amines is 1. The van der Waals surface area contributed by atoms with Gasteiger partial charge >= 0.3 is 5.97 Å². The Morgan fingerprint density at radius 3 is 2.91 bits per heavy atom. The van der Waals surface area contributed by atoms with Gasteiger partial charge in [0.2, 0.25) is 5.91 Å². The molecule has 0 radical (unpaired) electrons. The molecular weight excluding hydrogens is 352 g/mol. The molecule has 1 aromatic heterocycles. The van der Waals surface area contributed by atoms with Crippen LogP contribution in [0, 0.1) is 0 Å². The summed E-state index contributed by atoms with van der Waals surface area (Å²) < 4.78 is 5.86. The number of carbonyl (C=O) groups is 2. The number of fused-ring (bicyclic) bond motifs is 1. The number of H-pyrrole nitrogens is 1. The number of ether oxygens (including phenoxy) is 1. The quantitative estimate of drug-likeness (QED) is 0.697. The number of amides is 1. The Labute approximate surface area is 136 Å². The lowest BCUT2D eigenvalue weighted by molar-refractivity contribution is -0.142. The molecule has 0 aliphatic heterocycles. The van der Waals surface area contributed by atoms with Gasteiger partial charge in [0.1, 0.15) is 12.6 Å². The highest BCUT2D eigenvalue weighted by Gasteiger charge is 2.22. The van der Waals surface area contributed by atoms with Gasteiger partial charge in [0.05, 0.1) is 0 Å². The van der Waals surface area contributed by atoms with Crippen molar-refractivity contribution in [3.63, 3.8) is 0 Å². The molecule has 0 bridgehead atoms. The molecule has 0 aliphatic rings. The van der Waals surface area contributed by atoms with Gasteiger partial charge in [0, 0.05) is 34.6 Å². The third kappa shape index (κ3) is 3.86. The van der Waals surface area contributed by atoms with Crippen molar-refractivity contribution in [2.24, 2.45) is 0 Å². The van der Waals surface area contributed by atoms with Crippen LogP contribution in [0.1, 0.15) is 12.5 Å². The number of hydrogen-bond acceptors (Lipinski definition) is 3. The Hall–Kier alpha value is -1.86. The van der Waals surface area contributed by atoms with Gasteiger partial charge in [-0.3, -0.25) is 4.79 Å². The first kappa shape index (κ1) is 16.5. The fourth-order valence-corrected chi connectivity index (χ4v) is 2.84. The number of carboxylic acids is 1. The maximum absolute atomic E-state index is 11.7. The summed E-state index contributed by atoms with van der Waals surface area (Å²) in [5, 5.41) is 12.7. The van der Waals surface area contributed by atoms with E-state index < -0.39 is 17.9 Å². The van der Waals surface area contributed by atoms with E-state index in [4.69, 9.17) is 4.74 Å². The summed E-state index contributed by atoms with van der Waals surface area (Å²) in [5.74, 6) is -1.51. The molecule has 22 heavy (non-hydrogen) atoms. The lowest BCUT2D eigenvalue weighted by Crippen LogP contribution is -2.43. The number of aromatic nitrogens is 1. The Kier molecular flexibility index (Phi) is 5.57. The van der Waals surface area contributed by atoms with E-state index in [1.807, 2.05) is 18.2 Å². The zero-order chi connectivity index (χ0) is 16.1. The average molecular weight is 369 g/mol. The zero-order valence-electron chi connectivity index (χ0n) is 12.1. The number of aliphatic carboxylic acids is 1. The van der Waals surface area contributed by atoms with Crippen LogP contribution in [0.4, 0.5) is 0 Å². The summed E-state index contributed by atoms with van der Waals surface area (Å²) in [5.41, 5.74) is 1.74. The van der Waals surface area contributed by atoms with E-state index in [9.17, 15) is 14.7 Å². The predicted molar refractivity (Wildman–Crippen MR) is 85.8 cm³/mol. The molecule has 2 rings (SSSR count). The standard InChI is InChI=1S/C15H17BrN2O4/c1-2-22-8-13(19)18-12(15(20)21)6-9-7-17-11-5-3-4-10(16)14(9)11/h3-5,7,12,17H,2,6,8H2,1H3,(H,18,19)(H,20,21). The van der Waals surface area contributed by atoms with Gasteiger partial charge in [-0.15, -0.1) is 0 Å². The number of carboxylic acid groups (broad SMARTS) is 1. The second-order valence-corrected chi connectivity index (χ2v) is 5.63. The predicted octanol–water partition coefficient (Wildman–Crippen LogP) is 2.08. The van der Waals surface area contributed by atoms with Crippen LogP contribution in [0.5, 0.6) is 0 Å². The Morgan fingerprint density at radius 2 is 2.23 bits per heavy atom. The summed E-state index contributed by atoms with van der Waals surface area (Å²) in [6.45, 7) is 2.03. The largest absolute Gasteiger partial charge is 0.480 e. The molecule has 6 nitrogen and oxygen atoms in total. The topological polar surface area (TPSA) is 91.4 Å². The lowest BCUT2D eigenvalue weighted by Gasteiger charge is -2.14. The monoisotopic (exact) mass is 368 g/mol. The smallest absolute Gasteiger partial charge is 0.326 e. The number of halogens is 1. The minimum absolute atomic E-state index is 0.141. The van der Waals surface area contributed by atoms with Gasteiger partial charge in [-0.1, -0.05) is 22.0 Å². The fourth-order valence-electron chi connectivity index (χ4n) is 2.22. The van der Waals surface area contributed by atoms with E-state index in [1.54, 1.807) is 13.1 Å². The van der Waals surface area contributed by atoms with E-state index in [0.717, 1.165) is 20.9 Å². The summed E-state index contributed by atoms with van der Waals surface area (Å²) in [7, 11) is 0. The summed E-state index contributed by atoms with van der Waals surface area (Å²) >= 11 is 3.46. The van der Waals surface area contributed by atoms with Gasteiger partial charge in [-0.05, 0) is 24.6 Å². The van der Waals surface area contributed by atoms with Crippen LogP contribution in [-0.2, 0) is 20.7 Å². The second-order valence-electron chi connectivity index (χ2n) is 4.78. The average Bonchev–Trinajstić information content (AvgIpc) is 2.89. The van der Waals surface area contributed by atoms with Crippen LogP contribution in [0.15, 0.2) is 28.9 Å². The Morgan fingerprint density at radius 1 is 1.45 bits per heavy atom. The van der Waals surface area contributed by atoms with Crippen molar-refractivity contribution in [3.05, 3.63) is 34.4 Å². The highest BCUT2D eigenvalue weighted by molar-refractivity contribution is 9.10. The Balaban J connectivity index is 2.16. The Bertz CT molecular complexity index is 683. The molecular formula is C15H17BrN2O4. The molecule has 118 valence electrons. The number of hydrogen-bond donors (Lipinski definition) is 3. The molecule has 7 heteroatoms. The molecule has 1 unspecified atom stereocenters. The van der Waals surface area contributed by atoms with Crippen molar-refractivity contribution in [2.45, 2.75) is 19.4 Å². The van der Waals surface area contributed by atoms with Crippen LogP contribution in [0.3, 0.4) is 0 Å². The third-order valence-corrected chi connectivity index (χ3v) is 3.89. The van der Waals surface area contributed by atoms with Gasteiger partial charge in [0.15, 0.2) is 0 Å². The summed E-state index contributed by atoms with van der Waals surface area (Å²) in [4.78, 5) is 26.1. The van der Waals surface area contributed by atoms with Crippen molar-refractivity contribution in [1.82, 2.24) is 10.3 Å². The van der Waals surface area contributed by atoms with E-state index in [-0.39, 0.29) is 13.0 Å². The molecule has 1 atom stereocenters. The number of rotatable bonds is 7. The van der Waals surface area contributed by atoms with E-state index in [0.29, 0.717) is 6.61 Å². The normalized spacial score (nSPS) is 12.3.